The zero-order valence-electron chi connectivity index (χ0n) is 7.47. The van der Waals surface area contributed by atoms with Gasteiger partial charge in [0.2, 0.25) is 0 Å². The van der Waals surface area contributed by atoms with Crippen molar-refractivity contribution in [1.29, 1.82) is 0 Å². The summed E-state index contributed by atoms with van der Waals surface area (Å²) in [6.07, 6.45) is 0.987. The van der Waals surface area contributed by atoms with Crippen LogP contribution in [0.3, 0.4) is 0 Å². The maximum Gasteiger partial charge on any atom is 0.0292 e. The summed E-state index contributed by atoms with van der Waals surface area (Å²) in [7, 11) is 0. The Morgan fingerprint density at radius 3 is 2.67 bits per heavy atom. The van der Waals surface area contributed by atoms with Gasteiger partial charge in [-0.1, -0.05) is 35.0 Å². The van der Waals surface area contributed by atoms with Crippen LogP contribution in [-0.4, -0.2) is 0 Å². The molecule has 0 aliphatic carbocycles. The molecule has 1 nitrogen and oxygen atoms in total. The Morgan fingerprint density at radius 1 is 1.50 bits per heavy atom. The van der Waals surface area contributed by atoms with Crippen molar-refractivity contribution in [2.24, 2.45) is 5.73 Å². The first-order valence-corrected chi connectivity index (χ1v) is 4.96. The van der Waals surface area contributed by atoms with Crippen molar-refractivity contribution in [2.75, 3.05) is 0 Å². The molecule has 2 N–H and O–H groups in total. The fourth-order valence-corrected chi connectivity index (χ4v) is 1.38. The molecule has 1 atom stereocenters. The average Bonchev–Trinajstić information content (AvgIpc) is 2.08. The second-order valence-electron chi connectivity index (χ2n) is 3.02. The Morgan fingerprint density at radius 2 is 2.17 bits per heavy atom. The molecular formula is C10H14BrN. The fraction of sp³-hybridized carbons (Fsp3) is 0.400. The van der Waals surface area contributed by atoms with E-state index >= 15 is 0 Å². The van der Waals surface area contributed by atoms with Crippen LogP contribution in [0.1, 0.15) is 30.5 Å². The molecule has 0 unspecified atom stereocenters. The van der Waals surface area contributed by atoms with Crippen LogP contribution in [-0.2, 0) is 0 Å². The minimum Gasteiger partial charge on any atom is -0.324 e. The Hall–Kier alpha value is -0.340. The molecule has 0 aliphatic heterocycles. The van der Waals surface area contributed by atoms with Crippen molar-refractivity contribution in [3.05, 3.63) is 33.8 Å². The number of nitrogens with two attached hydrogens (primary N) is 1. The summed E-state index contributed by atoms with van der Waals surface area (Å²) >= 11 is 3.46. The molecule has 0 heterocycles. The smallest absolute Gasteiger partial charge is 0.0292 e. The number of aryl methyl sites for hydroxylation is 1. The molecule has 0 saturated carbocycles. The molecule has 66 valence electrons. The summed E-state index contributed by atoms with van der Waals surface area (Å²) in [5.41, 5.74) is 8.37. The molecule has 1 rings (SSSR count). The molecule has 0 radical (unpaired) electrons. The normalized spacial score (nSPS) is 13.0. The van der Waals surface area contributed by atoms with E-state index in [-0.39, 0.29) is 6.04 Å². The summed E-state index contributed by atoms with van der Waals surface area (Å²) in [5.74, 6) is 0. The van der Waals surface area contributed by atoms with E-state index in [0.717, 1.165) is 10.9 Å². The lowest BCUT2D eigenvalue weighted by molar-refractivity contribution is 0.698. The van der Waals surface area contributed by atoms with E-state index in [9.17, 15) is 0 Å². The van der Waals surface area contributed by atoms with Gasteiger partial charge in [0.1, 0.15) is 0 Å². The fourth-order valence-electron chi connectivity index (χ4n) is 1.13. The van der Waals surface area contributed by atoms with Gasteiger partial charge in [0.15, 0.2) is 0 Å². The minimum absolute atomic E-state index is 0.178. The number of hydrogen-bond donors (Lipinski definition) is 1. The monoisotopic (exact) mass is 227 g/mol. The van der Waals surface area contributed by atoms with Crippen molar-refractivity contribution >= 4 is 15.9 Å². The van der Waals surface area contributed by atoms with Crippen LogP contribution in [0, 0.1) is 6.92 Å². The lowest BCUT2D eigenvalue weighted by Gasteiger charge is -2.10. The molecule has 2 heteroatoms. The Bertz CT molecular complexity index is 271. The van der Waals surface area contributed by atoms with E-state index in [2.05, 4.69) is 48.0 Å². The van der Waals surface area contributed by atoms with Crippen molar-refractivity contribution in [3.63, 3.8) is 0 Å². The highest BCUT2D eigenvalue weighted by molar-refractivity contribution is 9.10. The predicted octanol–water partition coefficient (Wildman–Crippen LogP) is 3.17. The van der Waals surface area contributed by atoms with Crippen LogP contribution in [0.4, 0.5) is 0 Å². The second-order valence-corrected chi connectivity index (χ2v) is 3.88. The molecule has 0 spiro atoms. The summed E-state index contributed by atoms with van der Waals surface area (Å²) in [6.45, 7) is 4.18. The summed E-state index contributed by atoms with van der Waals surface area (Å²) in [6, 6.07) is 6.45. The van der Waals surface area contributed by atoms with E-state index in [0.29, 0.717) is 0 Å². The third-order valence-corrected chi connectivity index (χ3v) is 2.94. The first-order valence-electron chi connectivity index (χ1n) is 4.16. The van der Waals surface area contributed by atoms with Gasteiger partial charge < -0.3 is 5.73 Å². The van der Waals surface area contributed by atoms with Crippen molar-refractivity contribution in [1.82, 2.24) is 0 Å². The minimum atomic E-state index is 0.178. The largest absolute Gasteiger partial charge is 0.324 e. The van der Waals surface area contributed by atoms with Crippen LogP contribution in [0.25, 0.3) is 0 Å². The second kappa shape index (κ2) is 4.06. The van der Waals surface area contributed by atoms with Crippen LogP contribution < -0.4 is 5.73 Å². The summed E-state index contributed by atoms with van der Waals surface area (Å²) in [5, 5.41) is 0. The predicted molar refractivity (Wildman–Crippen MR) is 56.1 cm³/mol. The highest BCUT2D eigenvalue weighted by Crippen LogP contribution is 2.21. The lowest BCUT2D eigenvalue weighted by Crippen LogP contribution is -2.08. The first kappa shape index (κ1) is 9.75. The van der Waals surface area contributed by atoms with Crippen LogP contribution in [0.5, 0.6) is 0 Å². The molecule has 0 aromatic heterocycles. The van der Waals surface area contributed by atoms with Gasteiger partial charge in [0, 0.05) is 10.5 Å². The van der Waals surface area contributed by atoms with E-state index in [1.807, 2.05) is 0 Å². The quantitative estimate of drug-likeness (QED) is 0.826. The average molecular weight is 228 g/mol. The molecule has 1 aromatic carbocycles. The highest BCUT2D eigenvalue weighted by Gasteiger charge is 2.03. The third kappa shape index (κ3) is 2.08. The van der Waals surface area contributed by atoms with Gasteiger partial charge in [-0.05, 0) is 30.5 Å². The number of halogens is 1. The SMILES string of the molecule is CC[C@@H](N)c1ccc(Br)c(C)c1. The Balaban J connectivity index is 2.96. The molecule has 0 bridgehead atoms. The van der Waals surface area contributed by atoms with E-state index in [1.54, 1.807) is 0 Å². The van der Waals surface area contributed by atoms with Gasteiger partial charge in [-0.3, -0.25) is 0 Å². The first-order chi connectivity index (χ1) is 5.65. The van der Waals surface area contributed by atoms with Crippen LogP contribution in [0.15, 0.2) is 22.7 Å². The molecule has 1 aromatic rings. The highest BCUT2D eigenvalue weighted by atomic mass is 79.9. The maximum atomic E-state index is 5.90. The van der Waals surface area contributed by atoms with Crippen LogP contribution >= 0.6 is 15.9 Å². The van der Waals surface area contributed by atoms with Crippen LogP contribution in [0.2, 0.25) is 0 Å². The Labute approximate surface area is 82.1 Å². The van der Waals surface area contributed by atoms with Crippen molar-refractivity contribution in [2.45, 2.75) is 26.3 Å². The molecule has 0 aliphatic rings. The lowest BCUT2D eigenvalue weighted by atomic mass is 10.0. The zero-order valence-corrected chi connectivity index (χ0v) is 9.06. The summed E-state index contributed by atoms with van der Waals surface area (Å²) in [4.78, 5) is 0. The number of rotatable bonds is 2. The topological polar surface area (TPSA) is 26.0 Å². The zero-order chi connectivity index (χ0) is 9.14. The van der Waals surface area contributed by atoms with Gasteiger partial charge >= 0.3 is 0 Å². The standard InChI is InChI=1S/C10H14BrN/c1-3-10(12)8-4-5-9(11)7(2)6-8/h4-6,10H,3,12H2,1-2H3/t10-/m1/s1. The maximum absolute atomic E-state index is 5.90. The molecular weight excluding hydrogens is 214 g/mol. The number of benzene rings is 1. The van der Waals surface area contributed by atoms with Gasteiger partial charge in [0.05, 0.1) is 0 Å². The van der Waals surface area contributed by atoms with E-state index < -0.39 is 0 Å². The van der Waals surface area contributed by atoms with Gasteiger partial charge in [-0.15, -0.1) is 0 Å². The van der Waals surface area contributed by atoms with Crippen molar-refractivity contribution in [3.8, 4) is 0 Å². The van der Waals surface area contributed by atoms with Crippen molar-refractivity contribution < 1.29 is 0 Å². The molecule has 12 heavy (non-hydrogen) atoms. The third-order valence-electron chi connectivity index (χ3n) is 2.05. The van der Waals surface area contributed by atoms with Gasteiger partial charge in [0.25, 0.3) is 0 Å². The number of hydrogen-bond acceptors (Lipinski definition) is 1. The molecule has 0 amide bonds. The van der Waals surface area contributed by atoms with E-state index in [1.165, 1.54) is 11.1 Å². The Kier molecular flexibility index (Phi) is 3.29. The van der Waals surface area contributed by atoms with E-state index in [4.69, 9.17) is 5.73 Å². The summed E-state index contributed by atoms with van der Waals surface area (Å²) < 4.78 is 1.15. The van der Waals surface area contributed by atoms with Gasteiger partial charge in [-0.25, -0.2) is 0 Å². The van der Waals surface area contributed by atoms with Gasteiger partial charge in [-0.2, -0.15) is 0 Å². The molecule has 0 saturated heterocycles. The molecule has 0 fully saturated rings.